The molecule has 0 N–H and O–H groups in total. The van der Waals surface area contributed by atoms with Gasteiger partial charge in [-0.05, 0) is 36.0 Å². The topological polar surface area (TPSA) is 52.6 Å². The Morgan fingerprint density at radius 2 is 1.62 bits per heavy atom. The molecule has 0 spiro atoms. The predicted octanol–water partition coefficient (Wildman–Crippen LogP) is 4.01. The van der Waals surface area contributed by atoms with E-state index >= 15 is 0 Å². The molecular weight excluding hydrogens is 268 g/mol. The minimum absolute atomic E-state index is 0.0123. The van der Waals surface area contributed by atoms with Gasteiger partial charge in [-0.2, -0.15) is 0 Å². The molecule has 0 bridgehead atoms. The lowest BCUT2D eigenvalue weighted by molar-refractivity contribution is -0.134. The highest BCUT2D eigenvalue weighted by atomic mass is 16.6. The fraction of sp³-hybridized carbons (Fsp3) is 0.529. The summed E-state index contributed by atoms with van der Waals surface area (Å²) in [7, 11) is 0. The molecule has 1 unspecified atom stereocenters. The summed E-state index contributed by atoms with van der Waals surface area (Å²) >= 11 is 0. The van der Waals surface area contributed by atoms with E-state index in [-0.39, 0.29) is 11.2 Å². The van der Waals surface area contributed by atoms with E-state index in [1.54, 1.807) is 12.1 Å². The molecule has 116 valence electrons. The second-order valence-electron chi connectivity index (χ2n) is 5.51. The summed E-state index contributed by atoms with van der Waals surface area (Å²) in [6.07, 6.45) is 3.09. The Kier molecular flexibility index (Phi) is 5.94. The van der Waals surface area contributed by atoms with Crippen molar-refractivity contribution in [3.8, 4) is 11.5 Å². The summed E-state index contributed by atoms with van der Waals surface area (Å²) in [5.74, 6) is -0.306. The standard InChI is InChI=1S/C17H24O4/c1-6-10-17(5,7-2)14-8-9-15(20-12(3)18)16(11-14)21-13(4)19/h8-9,11H,6-7,10H2,1-5H3. The third-order valence-electron chi connectivity index (χ3n) is 3.73. The highest BCUT2D eigenvalue weighted by Gasteiger charge is 2.25. The fourth-order valence-corrected chi connectivity index (χ4v) is 2.43. The Morgan fingerprint density at radius 3 is 2.10 bits per heavy atom. The Bertz CT molecular complexity index is 522. The molecule has 4 nitrogen and oxygen atoms in total. The Balaban J connectivity index is 3.25. The van der Waals surface area contributed by atoms with Crippen LogP contribution in [0.1, 0.15) is 59.4 Å². The average molecular weight is 292 g/mol. The minimum Gasteiger partial charge on any atom is -0.423 e. The van der Waals surface area contributed by atoms with E-state index in [0.717, 1.165) is 24.8 Å². The zero-order chi connectivity index (χ0) is 16.0. The van der Waals surface area contributed by atoms with E-state index in [9.17, 15) is 9.59 Å². The number of benzene rings is 1. The SMILES string of the molecule is CCCC(C)(CC)c1ccc(OC(C)=O)c(OC(C)=O)c1. The van der Waals surface area contributed by atoms with Crippen LogP contribution in [-0.4, -0.2) is 11.9 Å². The van der Waals surface area contributed by atoms with Gasteiger partial charge in [0, 0.05) is 13.8 Å². The van der Waals surface area contributed by atoms with Crippen LogP contribution in [0, 0.1) is 0 Å². The molecule has 0 aliphatic rings. The van der Waals surface area contributed by atoms with E-state index in [0.29, 0.717) is 5.75 Å². The Labute approximate surface area is 126 Å². The van der Waals surface area contributed by atoms with E-state index in [1.165, 1.54) is 13.8 Å². The van der Waals surface area contributed by atoms with Crippen LogP contribution in [-0.2, 0) is 15.0 Å². The summed E-state index contributed by atoms with van der Waals surface area (Å²) < 4.78 is 10.3. The molecule has 1 aromatic carbocycles. The number of hydrogen-bond donors (Lipinski definition) is 0. The molecular formula is C17H24O4. The maximum Gasteiger partial charge on any atom is 0.308 e. The van der Waals surface area contributed by atoms with Crippen molar-refractivity contribution in [3.63, 3.8) is 0 Å². The molecule has 4 heteroatoms. The molecule has 0 aromatic heterocycles. The van der Waals surface area contributed by atoms with Gasteiger partial charge in [-0.1, -0.05) is 33.3 Å². The number of ether oxygens (including phenoxy) is 2. The minimum atomic E-state index is -0.442. The van der Waals surface area contributed by atoms with E-state index < -0.39 is 11.9 Å². The smallest absolute Gasteiger partial charge is 0.308 e. The van der Waals surface area contributed by atoms with Gasteiger partial charge in [-0.15, -0.1) is 0 Å². The summed E-state index contributed by atoms with van der Waals surface area (Å²) in [6.45, 7) is 9.12. The summed E-state index contributed by atoms with van der Waals surface area (Å²) in [6, 6.07) is 5.43. The van der Waals surface area contributed by atoms with E-state index in [2.05, 4.69) is 20.8 Å². The van der Waals surface area contributed by atoms with Crippen molar-refractivity contribution in [2.45, 2.75) is 59.3 Å². The third-order valence-corrected chi connectivity index (χ3v) is 3.73. The van der Waals surface area contributed by atoms with Gasteiger partial charge in [0.15, 0.2) is 11.5 Å². The van der Waals surface area contributed by atoms with Gasteiger partial charge in [-0.25, -0.2) is 0 Å². The first-order valence-electron chi connectivity index (χ1n) is 7.33. The van der Waals surface area contributed by atoms with Crippen LogP contribution in [0.2, 0.25) is 0 Å². The molecule has 0 radical (unpaired) electrons. The molecule has 21 heavy (non-hydrogen) atoms. The van der Waals surface area contributed by atoms with Gasteiger partial charge in [0.2, 0.25) is 0 Å². The van der Waals surface area contributed by atoms with Crippen molar-refractivity contribution in [3.05, 3.63) is 23.8 Å². The first-order chi connectivity index (χ1) is 9.82. The zero-order valence-corrected chi connectivity index (χ0v) is 13.5. The summed E-state index contributed by atoms with van der Waals surface area (Å²) in [5, 5.41) is 0. The quantitative estimate of drug-likeness (QED) is 0.587. The molecule has 1 aromatic rings. The van der Waals surface area contributed by atoms with Crippen molar-refractivity contribution in [1.82, 2.24) is 0 Å². The molecule has 0 heterocycles. The fourth-order valence-electron chi connectivity index (χ4n) is 2.43. The molecule has 1 rings (SSSR count). The molecule has 0 amide bonds. The van der Waals surface area contributed by atoms with Crippen molar-refractivity contribution >= 4 is 11.9 Å². The molecule has 0 fully saturated rings. The summed E-state index contributed by atoms with van der Waals surface area (Å²) in [4.78, 5) is 22.4. The normalized spacial score (nSPS) is 13.4. The van der Waals surface area contributed by atoms with Crippen molar-refractivity contribution in [2.24, 2.45) is 0 Å². The van der Waals surface area contributed by atoms with Crippen LogP contribution in [0.4, 0.5) is 0 Å². The monoisotopic (exact) mass is 292 g/mol. The van der Waals surface area contributed by atoms with Crippen LogP contribution < -0.4 is 9.47 Å². The predicted molar refractivity (Wildman–Crippen MR) is 81.6 cm³/mol. The van der Waals surface area contributed by atoms with Gasteiger partial charge >= 0.3 is 11.9 Å². The lowest BCUT2D eigenvalue weighted by Crippen LogP contribution is -2.21. The maximum absolute atomic E-state index is 11.2. The first kappa shape index (κ1) is 17.2. The molecule has 0 aliphatic carbocycles. The number of hydrogen-bond acceptors (Lipinski definition) is 4. The number of esters is 2. The van der Waals surface area contributed by atoms with Crippen molar-refractivity contribution in [1.29, 1.82) is 0 Å². The second kappa shape index (κ2) is 7.25. The molecule has 1 atom stereocenters. The van der Waals surface area contributed by atoms with Gasteiger partial charge in [0.25, 0.3) is 0 Å². The van der Waals surface area contributed by atoms with Crippen LogP contribution in [0.25, 0.3) is 0 Å². The number of carbonyl (C=O) groups excluding carboxylic acids is 2. The van der Waals surface area contributed by atoms with Gasteiger partial charge in [-0.3, -0.25) is 9.59 Å². The van der Waals surface area contributed by atoms with Crippen LogP contribution in [0.5, 0.6) is 11.5 Å². The van der Waals surface area contributed by atoms with Crippen LogP contribution in [0.15, 0.2) is 18.2 Å². The third kappa shape index (κ3) is 4.59. The number of carbonyl (C=O) groups is 2. The number of rotatable bonds is 6. The van der Waals surface area contributed by atoms with Gasteiger partial charge in [0.1, 0.15) is 0 Å². The maximum atomic E-state index is 11.2. The van der Waals surface area contributed by atoms with Crippen molar-refractivity contribution < 1.29 is 19.1 Å². The lowest BCUT2D eigenvalue weighted by Gasteiger charge is -2.29. The lowest BCUT2D eigenvalue weighted by atomic mass is 9.76. The highest BCUT2D eigenvalue weighted by molar-refractivity contribution is 5.73. The largest absolute Gasteiger partial charge is 0.423 e. The van der Waals surface area contributed by atoms with Crippen LogP contribution in [0.3, 0.4) is 0 Å². The Morgan fingerprint density at radius 1 is 1.05 bits per heavy atom. The zero-order valence-electron chi connectivity index (χ0n) is 13.5. The summed E-state index contributed by atoms with van der Waals surface area (Å²) in [5.41, 5.74) is 1.09. The van der Waals surface area contributed by atoms with E-state index in [4.69, 9.17) is 9.47 Å². The van der Waals surface area contributed by atoms with Crippen LogP contribution >= 0.6 is 0 Å². The molecule has 0 aliphatic heterocycles. The Hall–Kier alpha value is -1.84. The van der Waals surface area contributed by atoms with Gasteiger partial charge in [0.05, 0.1) is 0 Å². The second-order valence-corrected chi connectivity index (χ2v) is 5.51. The first-order valence-corrected chi connectivity index (χ1v) is 7.33. The van der Waals surface area contributed by atoms with Crippen molar-refractivity contribution in [2.75, 3.05) is 0 Å². The average Bonchev–Trinajstić information content (AvgIpc) is 2.39. The van der Waals surface area contributed by atoms with E-state index in [1.807, 2.05) is 6.07 Å². The molecule has 0 saturated carbocycles. The highest BCUT2D eigenvalue weighted by Crippen LogP contribution is 2.38. The van der Waals surface area contributed by atoms with Gasteiger partial charge < -0.3 is 9.47 Å². The molecule has 0 saturated heterocycles.